The molecule has 1 aliphatic heterocycles. The number of hydrogen-bond acceptors (Lipinski definition) is 3. The van der Waals surface area contributed by atoms with Crippen molar-refractivity contribution in [3.05, 3.63) is 174 Å². The number of nitrogens with zero attached hydrogens (tertiary/aromatic N) is 2. The molecule has 3 nitrogen and oxygen atoms in total. The summed E-state index contributed by atoms with van der Waals surface area (Å²) in [5.74, 6) is 1.14. The second-order valence-electron chi connectivity index (χ2n) is 16.0. The number of carbonyl (C=O) groups is 1. The molecule has 0 saturated heterocycles. The predicted octanol–water partition coefficient (Wildman–Crippen LogP) is 11.7. The van der Waals surface area contributed by atoms with E-state index in [1.54, 1.807) is 0 Å². The van der Waals surface area contributed by atoms with Crippen molar-refractivity contribution in [2.75, 3.05) is 9.13 Å². The Hall–Kier alpha value is -4.63. The molecular weight excluding hydrogens is 704 g/mol. The van der Waals surface area contributed by atoms with Gasteiger partial charge in [0.05, 0.1) is 0 Å². The Morgan fingerprint density at radius 1 is 0.527 bits per heavy atom. The van der Waals surface area contributed by atoms with Gasteiger partial charge in [0.15, 0.2) is 5.78 Å². The van der Waals surface area contributed by atoms with Gasteiger partial charge in [0.25, 0.3) is 0 Å². The molecule has 0 bridgehead atoms. The minimum Gasteiger partial charge on any atom is -0.349 e. The normalized spacial score (nSPS) is 14.0. The van der Waals surface area contributed by atoms with E-state index in [0.717, 1.165) is 16.3 Å². The summed E-state index contributed by atoms with van der Waals surface area (Å²) < 4.78 is 5.19. The van der Waals surface area contributed by atoms with Crippen LogP contribution in [0.1, 0.15) is 115 Å². The van der Waals surface area contributed by atoms with Crippen LogP contribution in [0.25, 0.3) is 0 Å². The van der Waals surface area contributed by atoms with E-state index in [-0.39, 0.29) is 29.5 Å². The molecule has 0 spiro atoms. The molecule has 0 amide bonds. The van der Waals surface area contributed by atoms with Crippen LogP contribution in [0.15, 0.2) is 151 Å². The smallest absolute Gasteiger partial charge is 0.349 e. The lowest BCUT2D eigenvalue weighted by Crippen LogP contribution is -2.63. The first-order chi connectivity index (χ1) is 26.3. The van der Waals surface area contributed by atoms with Crippen molar-refractivity contribution in [1.82, 2.24) is 0 Å². The van der Waals surface area contributed by atoms with Gasteiger partial charge in [-0.1, -0.05) is 189 Å². The summed E-state index contributed by atoms with van der Waals surface area (Å²) in [5.41, 5.74) is 9.60. The second-order valence-corrected chi connectivity index (χ2v) is 21.8. The second kappa shape index (κ2) is 16.6. The molecule has 1 radical (unpaired) electrons. The van der Waals surface area contributed by atoms with E-state index in [2.05, 4.69) is 205 Å². The van der Waals surface area contributed by atoms with Crippen LogP contribution >= 0.6 is 6.89 Å². The number of para-hydroxylation sites is 2. The highest BCUT2D eigenvalue weighted by molar-refractivity contribution is 7.99. The summed E-state index contributed by atoms with van der Waals surface area (Å²) in [7, 11) is -2.27. The highest BCUT2D eigenvalue weighted by Crippen LogP contribution is 2.51. The molecule has 0 aliphatic carbocycles. The van der Waals surface area contributed by atoms with E-state index in [4.69, 9.17) is 6.58 Å². The SMILES string of the molecule is C=C1C=C(C)N(c2c(C(C)C)cccc2C(C)C)[Si](C(C(C)=O)=P(c2ccccc2)(c2ccccc2)c2ccccc2)N1c1c(C(C)C)cccc1C(C)C. The van der Waals surface area contributed by atoms with Crippen LogP contribution in [0.5, 0.6) is 0 Å². The molecule has 1 aliphatic rings. The summed E-state index contributed by atoms with van der Waals surface area (Å²) in [4.78, 5) is 16.5. The van der Waals surface area contributed by atoms with Crippen molar-refractivity contribution in [1.29, 1.82) is 0 Å². The highest BCUT2D eigenvalue weighted by Gasteiger charge is 2.48. The van der Waals surface area contributed by atoms with Crippen molar-refractivity contribution in [3.63, 3.8) is 0 Å². The van der Waals surface area contributed by atoms with Gasteiger partial charge in [0, 0.05) is 27.7 Å². The van der Waals surface area contributed by atoms with Gasteiger partial charge in [-0.25, -0.2) is 0 Å². The van der Waals surface area contributed by atoms with E-state index < -0.39 is 16.0 Å². The van der Waals surface area contributed by atoms with Gasteiger partial charge in [-0.2, -0.15) is 0 Å². The summed E-state index contributed by atoms with van der Waals surface area (Å²) in [6.07, 6.45) is 2.27. The molecule has 0 unspecified atom stereocenters. The van der Waals surface area contributed by atoms with Crippen LogP contribution in [0.4, 0.5) is 11.4 Å². The number of rotatable bonds is 11. The van der Waals surface area contributed by atoms with Gasteiger partial charge in [-0.15, -0.1) is 0 Å². The molecule has 0 atom stereocenters. The standard InChI is InChI=1S/C50H58N2OPSi/c1-34(2)44-29-21-30-45(35(3)4)48(44)51-38(9)33-39(10)52(49-46(36(5)6)31-22-32-47(49)37(7)8)55(51)50(40(11)53)54(41-23-15-12-16-24-41,42-25-17-13-18-26-42)43-27-19-14-20-28-43/h12-37H,9H2,1-8,10-11H3. The van der Waals surface area contributed by atoms with Crippen LogP contribution in [0.2, 0.25) is 0 Å². The topological polar surface area (TPSA) is 23.6 Å². The number of allylic oxidation sites excluding steroid dienone is 2. The number of benzene rings is 5. The Balaban J connectivity index is 1.97. The van der Waals surface area contributed by atoms with E-state index in [9.17, 15) is 0 Å². The molecule has 0 fully saturated rings. The minimum absolute atomic E-state index is 0.123. The molecule has 5 heteroatoms. The Morgan fingerprint density at radius 2 is 0.855 bits per heavy atom. The average Bonchev–Trinajstić information content (AvgIpc) is 3.17. The quantitative estimate of drug-likeness (QED) is 0.0989. The van der Waals surface area contributed by atoms with Gasteiger partial charge in [-0.3, -0.25) is 4.79 Å². The van der Waals surface area contributed by atoms with Crippen molar-refractivity contribution < 1.29 is 4.79 Å². The zero-order valence-electron chi connectivity index (χ0n) is 34.5. The Kier molecular flexibility index (Phi) is 12.1. The first-order valence-corrected chi connectivity index (χ1v) is 23.0. The monoisotopic (exact) mass is 761 g/mol. The molecule has 0 N–H and O–H groups in total. The van der Waals surface area contributed by atoms with Crippen LogP contribution in [-0.2, 0) is 4.79 Å². The molecule has 0 saturated carbocycles. The minimum atomic E-state index is -2.85. The fraction of sp³-hybridized carbons (Fsp3) is 0.280. The zero-order chi connectivity index (χ0) is 39.6. The Labute approximate surface area is 333 Å². The van der Waals surface area contributed by atoms with E-state index in [1.165, 1.54) is 49.5 Å². The first-order valence-electron chi connectivity index (χ1n) is 19.9. The van der Waals surface area contributed by atoms with Crippen LogP contribution in [-0.4, -0.2) is 19.8 Å². The molecule has 1 heterocycles. The summed E-state index contributed by atoms with van der Waals surface area (Å²) in [6.45, 7) is 24.4. The van der Waals surface area contributed by atoms with E-state index in [0.29, 0.717) is 0 Å². The van der Waals surface area contributed by atoms with Crippen molar-refractivity contribution in [2.45, 2.75) is 92.9 Å². The zero-order valence-corrected chi connectivity index (χ0v) is 36.4. The van der Waals surface area contributed by atoms with Gasteiger partial charge < -0.3 is 9.13 Å². The molecule has 6 rings (SSSR count). The van der Waals surface area contributed by atoms with Crippen LogP contribution in [0.3, 0.4) is 0 Å². The van der Waals surface area contributed by atoms with Gasteiger partial charge >= 0.3 is 9.12 Å². The molecular formula is C50H58N2OPSi. The third kappa shape index (κ3) is 7.28. The van der Waals surface area contributed by atoms with Crippen molar-refractivity contribution in [3.8, 4) is 0 Å². The predicted molar refractivity (Wildman–Crippen MR) is 244 cm³/mol. The van der Waals surface area contributed by atoms with Crippen molar-refractivity contribution >= 4 is 54.0 Å². The van der Waals surface area contributed by atoms with Gasteiger partial charge in [-0.05, 0) is 88.6 Å². The molecule has 0 aromatic heterocycles. The third-order valence-electron chi connectivity index (χ3n) is 10.9. The fourth-order valence-corrected chi connectivity index (χ4v) is 18.0. The summed E-state index contributed by atoms with van der Waals surface area (Å²) in [6, 6.07) is 46.3. The van der Waals surface area contributed by atoms with Crippen molar-refractivity contribution in [2.24, 2.45) is 0 Å². The highest BCUT2D eigenvalue weighted by atomic mass is 31.2. The lowest BCUT2D eigenvalue weighted by atomic mass is 9.92. The average molecular weight is 762 g/mol. The Bertz CT molecular complexity index is 2100. The first kappa shape index (κ1) is 40.0. The lowest BCUT2D eigenvalue weighted by molar-refractivity contribution is -0.110. The number of carbonyl (C=O) groups excluding carboxylic acids is 1. The van der Waals surface area contributed by atoms with Gasteiger partial charge in [0.1, 0.15) is 0 Å². The van der Waals surface area contributed by atoms with Gasteiger partial charge in [0.2, 0.25) is 0 Å². The van der Waals surface area contributed by atoms with Crippen LogP contribution in [0, 0.1) is 0 Å². The molecule has 55 heavy (non-hydrogen) atoms. The number of anilines is 2. The summed E-state index contributed by atoms with van der Waals surface area (Å²) >= 11 is 0. The Morgan fingerprint density at radius 3 is 1.16 bits per heavy atom. The largest absolute Gasteiger partial charge is 0.350 e. The molecule has 5 aromatic carbocycles. The molecule has 283 valence electrons. The number of Topliss-reactive ketones (excluding diaryl/α,β-unsaturated/α-hetero) is 1. The summed E-state index contributed by atoms with van der Waals surface area (Å²) in [5, 5.41) is 3.53. The van der Waals surface area contributed by atoms with Crippen LogP contribution < -0.4 is 25.0 Å². The maximum absolute atomic E-state index is 15.6. The maximum atomic E-state index is 15.6. The number of ketones is 1. The maximum Gasteiger partial charge on any atom is 0.350 e. The van der Waals surface area contributed by atoms with E-state index in [1.807, 2.05) is 6.92 Å². The number of hydrogen-bond donors (Lipinski definition) is 0. The fourth-order valence-electron chi connectivity index (χ4n) is 8.39. The third-order valence-corrected chi connectivity index (χ3v) is 19.4. The van der Waals surface area contributed by atoms with E-state index >= 15 is 4.79 Å². The molecule has 5 aromatic rings. The lowest BCUT2D eigenvalue weighted by Gasteiger charge is -2.49.